The number of nitrogens with zero attached hydrogens (tertiary/aromatic N) is 1. The molecule has 0 radical (unpaired) electrons. The van der Waals surface area contributed by atoms with E-state index in [9.17, 15) is 9.59 Å². The zero-order valence-corrected chi connectivity index (χ0v) is 15.0. The van der Waals surface area contributed by atoms with E-state index in [1.807, 2.05) is 42.6 Å². The molecule has 2 amide bonds. The minimum Gasteiger partial charge on any atom is -0.361 e. The first-order chi connectivity index (χ1) is 12.5. The number of aromatic amines is 1. The number of carbonyl (C=O) groups is 2. The maximum atomic E-state index is 12.9. The van der Waals surface area contributed by atoms with Crippen molar-refractivity contribution >= 4 is 40.0 Å². The molecule has 1 aliphatic heterocycles. The van der Waals surface area contributed by atoms with E-state index in [1.165, 1.54) is 0 Å². The number of benzene rings is 2. The van der Waals surface area contributed by atoms with E-state index in [4.69, 9.17) is 11.6 Å². The second-order valence-electron chi connectivity index (χ2n) is 6.58. The summed E-state index contributed by atoms with van der Waals surface area (Å²) in [5, 5.41) is 4.61. The van der Waals surface area contributed by atoms with E-state index in [0.29, 0.717) is 5.02 Å². The second kappa shape index (κ2) is 6.50. The smallest absolute Gasteiger partial charge is 0.230 e. The van der Waals surface area contributed by atoms with Gasteiger partial charge >= 0.3 is 0 Å². The van der Waals surface area contributed by atoms with Crippen LogP contribution in [0, 0.1) is 5.92 Å². The van der Waals surface area contributed by atoms with Gasteiger partial charge in [-0.25, -0.2) is 0 Å². The van der Waals surface area contributed by atoms with Crippen molar-refractivity contribution in [1.82, 2.24) is 9.88 Å². The molecule has 2 atom stereocenters. The van der Waals surface area contributed by atoms with Gasteiger partial charge in [-0.3, -0.25) is 9.59 Å². The van der Waals surface area contributed by atoms with Gasteiger partial charge in [0.15, 0.2) is 0 Å². The monoisotopic (exact) mass is 367 g/mol. The lowest BCUT2D eigenvalue weighted by Gasteiger charge is -2.25. The van der Waals surface area contributed by atoms with Gasteiger partial charge in [0.05, 0.1) is 12.0 Å². The van der Waals surface area contributed by atoms with E-state index < -0.39 is 5.92 Å². The third kappa shape index (κ3) is 2.95. The van der Waals surface area contributed by atoms with Gasteiger partial charge in [-0.2, -0.15) is 0 Å². The first-order valence-electron chi connectivity index (χ1n) is 8.42. The molecule has 1 aromatic heterocycles. The SMILES string of the molecule is CN1C(=O)C[C@H](C(=O)Nc2ccc3[nH]ccc3c2)[C@@H]1c1ccc(Cl)cc1. The number of halogens is 1. The van der Waals surface area contributed by atoms with Gasteiger partial charge in [-0.15, -0.1) is 0 Å². The summed E-state index contributed by atoms with van der Waals surface area (Å²) >= 11 is 5.97. The summed E-state index contributed by atoms with van der Waals surface area (Å²) in [6.45, 7) is 0. The summed E-state index contributed by atoms with van der Waals surface area (Å²) in [6.07, 6.45) is 2.06. The normalized spacial score (nSPS) is 19.9. The molecule has 0 spiro atoms. The number of carbonyl (C=O) groups excluding carboxylic acids is 2. The molecule has 132 valence electrons. The fraction of sp³-hybridized carbons (Fsp3) is 0.200. The Balaban J connectivity index is 1.60. The predicted octanol–water partition coefficient (Wildman–Crippen LogP) is 3.98. The third-order valence-corrected chi connectivity index (χ3v) is 5.21. The molecule has 2 N–H and O–H groups in total. The van der Waals surface area contributed by atoms with Crippen LogP contribution >= 0.6 is 11.6 Å². The standard InChI is InChI=1S/C20H18ClN3O2/c1-24-18(25)11-16(19(24)12-2-4-14(21)5-3-12)20(26)23-15-6-7-17-13(10-15)8-9-22-17/h2-10,16,19,22H,11H2,1H3,(H,23,26)/t16-,19-/m0/s1. The van der Waals surface area contributed by atoms with Crippen molar-refractivity contribution < 1.29 is 9.59 Å². The topological polar surface area (TPSA) is 65.2 Å². The number of hydrogen-bond donors (Lipinski definition) is 2. The Hall–Kier alpha value is -2.79. The van der Waals surface area contributed by atoms with Gasteiger partial charge in [0, 0.05) is 41.3 Å². The fourth-order valence-electron chi connectivity index (χ4n) is 3.59. The van der Waals surface area contributed by atoms with Gasteiger partial charge in [-0.1, -0.05) is 23.7 Å². The third-order valence-electron chi connectivity index (χ3n) is 4.96. The van der Waals surface area contributed by atoms with Crippen molar-refractivity contribution in [1.29, 1.82) is 0 Å². The van der Waals surface area contributed by atoms with Crippen molar-refractivity contribution in [3.63, 3.8) is 0 Å². The highest BCUT2D eigenvalue weighted by Crippen LogP contribution is 2.38. The molecule has 3 aromatic rings. The van der Waals surface area contributed by atoms with Gasteiger partial charge in [-0.05, 0) is 42.0 Å². The molecule has 0 saturated carbocycles. The Kier molecular flexibility index (Phi) is 4.17. The summed E-state index contributed by atoms with van der Waals surface area (Å²) in [7, 11) is 1.74. The summed E-state index contributed by atoms with van der Waals surface area (Å²) in [4.78, 5) is 29.9. The molecule has 2 aromatic carbocycles. The van der Waals surface area contributed by atoms with Crippen LogP contribution in [-0.2, 0) is 9.59 Å². The lowest BCUT2D eigenvalue weighted by atomic mass is 9.93. The minimum atomic E-state index is -0.449. The molecule has 5 nitrogen and oxygen atoms in total. The fourth-order valence-corrected chi connectivity index (χ4v) is 3.71. The molecule has 1 saturated heterocycles. The Morgan fingerprint density at radius 3 is 2.73 bits per heavy atom. The van der Waals surface area contributed by atoms with E-state index >= 15 is 0 Å². The maximum Gasteiger partial charge on any atom is 0.230 e. The van der Waals surface area contributed by atoms with Crippen molar-refractivity contribution in [3.05, 3.63) is 65.3 Å². The lowest BCUT2D eigenvalue weighted by molar-refractivity contribution is -0.127. The van der Waals surface area contributed by atoms with Crippen molar-refractivity contribution in [2.24, 2.45) is 5.92 Å². The number of H-pyrrole nitrogens is 1. The van der Waals surface area contributed by atoms with E-state index in [2.05, 4.69) is 10.3 Å². The molecule has 2 heterocycles. The molecule has 6 heteroatoms. The van der Waals surface area contributed by atoms with Crippen molar-refractivity contribution in [2.75, 3.05) is 12.4 Å². The molecule has 1 aliphatic rings. The van der Waals surface area contributed by atoms with E-state index in [0.717, 1.165) is 22.2 Å². The zero-order chi connectivity index (χ0) is 18.3. The molecule has 1 fully saturated rings. The summed E-state index contributed by atoms with van der Waals surface area (Å²) in [6, 6.07) is 14.7. The number of hydrogen-bond acceptors (Lipinski definition) is 2. The maximum absolute atomic E-state index is 12.9. The van der Waals surface area contributed by atoms with Crippen molar-refractivity contribution in [2.45, 2.75) is 12.5 Å². The van der Waals surface area contributed by atoms with Crippen LogP contribution in [0.4, 0.5) is 5.69 Å². The van der Waals surface area contributed by atoms with Crippen LogP contribution < -0.4 is 5.32 Å². The van der Waals surface area contributed by atoms with Crippen LogP contribution in [0.25, 0.3) is 10.9 Å². The van der Waals surface area contributed by atoms with Gasteiger partial charge in [0.1, 0.15) is 0 Å². The summed E-state index contributed by atoms with van der Waals surface area (Å²) in [5.74, 6) is -0.640. The quantitative estimate of drug-likeness (QED) is 0.735. The number of aromatic nitrogens is 1. The average Bonchev–Trinajstić information content (AvgIpc) is 3.20. The molecule has 0 unspecified atom stereocenters. The molecular weight excluding hydrogens is 350 g/mol. The van der Waals surface area contributed by atoms with Crippen LogP contribution in [0.15, 0.2) is 54.7 Å². The minimum absolute atomic E-state index is 0.0359. The Labute approximate surface area is 155 Å². The Morgan fingerprint density at radius 2 is 1.96 bits per heavy atom. The number of likely N-dealkylation sites (tertiary alicyclic amines) is 1. The van der Waals surface area contributed by atoms with Gasteiger partial charge in [0.2, 0.25) is 11.8 Å². The molecule has 4 rings (SSSR count). The largest absolute Gasteiger partial charge is 0.361 e. The van der Waals surface area contributed by atoms with Crippen LogP contribution in [-0.4, -0.2) is 28.7 Å². The summed E-state index contributed by atoms with van der Waals surface area (Å²) in [5.41, 5.74) is 2.64. The van der Waals surface area contributed by atoms with E-state index in [1.54, 1.807) is 24.1 Å². The molecular formula is C20H18ClN3O2. The molecule has 0 aliphatic carbocycles. The number of anilines is 1. The van der Waals surface area contributed by atoms with Crippen LogP contribution in [0.2, 0.25) is 5.02 Å². The number of fused-ring (bicyclic) bond motifs is 1. The van der Waals surface area contributed by atoms with Crippen LogP contribution in [0.3, 0.4) is 0 Å². The van der Waals surface area contributed by atoms with E-state index in [-0.39, 0.29) is 24.3 Å². The van der Waals surface area contributed by atoms with Gasteiger partial charge in [0.25, 0.3) is 0 Å². The number of amides is 2. The number of rotatable bonds is 3. The Bertz CT molecular complexity index is 980. The highest BCUT2D eigenvalue weighted by Gasteiger charge is 2.42. The highest BCUT2D eigenvalue weighted by molar-refractivity contribution is 6.30. The first-order valence-corrected chi connectivity index (χ1v) is 8.80. The Morgan fingerprint density at radius 1 is 1.19 bits per heavy atom. The van der Waals surface area contributed by atoms with Gasteiger partial charge < -0.3 is 15.2 Å². The molecule has 26 heavy (non-hydrogen) atoms. The highest BCUT2D eigenvalue weighted by atomic mass is 35.5. The van der Waals surface area contributed by atoms with Crippen LogP contribution in [0.1, 0.15) is 18.0 Å². The lowest BCUT2D eigenvalue weighted by Crippen LogP contribution is -2.30. The van der Waals surface area contributed by atoms with Crippen molar-refractivity contribution in [3.8, 4) is 0 Å². The summed E-state index contributed by atoms with van der Waals surface area (Å²) < 4.78 is 0. The zero-order valence-electron chi connectivity index (χ0n) is 14.2. The molecule has 0 bridgehead atoms. The second-order valence-corrected chi connectivity index (χ2v) is 7.02. The average molecular weight is 368 g/mol. The number of nitrogens with one attached hydrogen (secondary N) is 2. The first kappa shape index (κ1) is 16.7. The predicted molar refractivity (Wildman–Crippen MR) is 102 cm³/mol. The van der Waals surface area contributed by atoms with Crippen LogP contribution in [0.5, 0.6) is 0 Å².